The summed E-state index contributed by atoms with van der Waals surface area (Å²) in [5, 5.41) is 3.48. The third kappa shape index (κ3) is 4.72. The number of rotatable bonds is 4. The summed E-state index contributed by atoms with van der Waals surface area (Å²) >= 11 is 0. The Morgan fingerprint density at radius 1 is 1.15 bits per heavy atom. The monoisotopic (exact) mass is 475 g/mol. The Labute approximate surface area is 190 Å². The molecule has 1 aliphatic heterocycles. The molecule has 2 fully saturated rings. The van der Waals surface area contributed by atoms with Crippen LogP contribution >= 0.6 is 0 Å². The van der Waals surface area contributed by atoms with Crippen LogP contribution in [0.5, 0.6) is 5.75 Å². The number of nitrogens with zero attached hydrogens (tertiary/aromatic N) is 7. The molecule has 1 aliphatic carbocycles. The number of hydrogen-bond donors (Lipinski definition) is 0. The van der Waals surface area contributed by atoms with Crippen molar-refractivity contribution in [2.45, 2.75) is 19.3 Å². The zero-order valence-electron chi connectivity index (χ0n) is 18.0. The van der Waals surface area contributed by atoms with Crippen LogP contribution in [0.3, 0.4) is 0 Å². The number of halogens is 3. The van der Waals surface area contributed by atoms with E-state index in [9.17, 15) is 18.0 Å². The second kappa shape index (κ2) is 8.47. The largest absolute Gasteiger partial charge is 0.573 e. The standard InChI is InChI=1S/C12H12F3NO.C9H8N6O2/c13-12(14,15)17-11-3-1-2-10(5-11)16-6-8-4-9(8)7-16;1-14-4-11-8-7(14)9(16)15(5-12-8)2-6-10-3-13-17-6/h1-3,5,8-9H,4,6-7H2;3-5H,2H2,1H3/t8-,9+;. The molecule has 0 radical (unpaired) electrons. The lowest BCUT2D eigenvalue weighted by Gasteiger charge is -2.21. The van der Waals surface area contributed by atoms with Crippen LogP contribution in [0.2, 0.25) is 0 Å². The number of ether oxygens (including phenoxy) is 1. The molecular formula is C21H20F3N7O3. The number of alkyl halides is 3. The molecule has 2 aliphatic rings. The number of imidazole rings is 1. The fourth-order valence-corrected chi connectivity index (χ4v) is 4.08. The Morgan fingerprint density at radius 3 is 2.62 bits per heavy atom. The summed E-state index contributed by atoms with van der Waals surface area (Å²) in [5.41, 5.74) is 1.51. The molecular weight excluding hydrogens is 455 g/mol. The van der Waals surface area contributed by atoms with E-state index in [1.54, 1.807) is 24.0 Å². The Balaban J connectivity index is 0.000000142. The Kier molecular flexibility index (Phi) is 5.46. The van der Waals surface area contributed by atoms with Crippen LogP contribution in [-0.4, -0.2) is 48.7 Å². The predicted molar refractivity (Wildman–Crippen MR) is 113 cm³/mol. The fraction of sp³-hybridized carbons (Fsp3) is 0.381. The van der Waals surface area contributed by atoms with Gasteiger partial charge in [-0.15, -0.1) is 13.2 Å². The highest BCUT2D eigenvalue weighted by atomic mass is 19.4. The van der Waals surface area contributed by atoms with Crippen molar-refractivity contribution in [3.05, 3.63) is 59.5 Å². The molecule has 0 bridgehead atoms. The number of aryl methyl sites for hydroxylation is 1. The molecule has 1 saturated carbocycles. The van der Waals surface area contributed by atoms with E-state index in [2.05, 4.69) is 29.7 Å². The summed E-state index contributed by atoms with van der Waals surface area (Å²) in [6.07, 6.45) is 0.912. The van der Waals surface area contributed by atoms with Gasteiger partial charge in [0.1, 0.15) is 18.6 Å². The second-order valence-corrected chi connectivity index (χ2v) is 8.25. The molecule has 1 aromatic carbocycles. The summed E-state index contributed by atoms with van der Waals surface area (Å²) in [4.78, 5) is 26.2. The molecule has 178 valence electrons. The molecule has 0 spiro atoms. The van der Waals surface area contributed by atoms with Crippen molar-refractivity contribution < 1.29 is 22.4 Å². The van der Waals surface area contributed by atoms with Gasteiger partial charge < -0.3 is 18.7 Å². The van der Waals surface area contributed by atoms with Crippen molar-refractivity contribution in [3.8, 4) is 5.75 Å². The van der Waals surface area contributed by atoms with Crippen molar-refractivity contribution >= 4 is 16.9 Å². The van der Waals surface area contributed by atoms with Gasteiger partial charge in [0, 0.05) is 31.9 Å². The van der Waals surface area contributed by atoms with Crippen LogP contribution in [0, 0.1) is 11.8 Å². The van der Waals surface area contributed by atoms with E-state index in [0.717, 1.165) is 30.6 Å². The lowest BCUT2D eigenvalue weighted by molar-refractivity contribution is -0.274. The molecule has 2 atom stereocenters. The highest BCUT2D eigenvalue weighted by Crippen LogP contribution is 2.46. The van der Waals surface area contributed by atoms with Crippen molar-refractivity contribution in [1.82, 2.24) is 29.2 Å². The molecule has 13 heteroatoms. The SMILES string of the molecule is Cn1cnc2ncn(Cc3ncno3)c(=O)c21.FC(F)(F)Oc1cccc(N2C[C@H]3C[C@H]3C2)c1. The number of hydrogen-bond acceptors (Lipinski definition) is 8. The summed E-state index contributed by atoms with van der Waals surface area (Å²) < 4.78 is 48.0. The molecule has 4 heterocycles. The van der Waals surface area contributed by atoms with E-state index < -0.39 is 6.36 Å². The molecule has 4 aromatic rings. The third-order valence-electron chi connectivity index (χ3n) is 5.81. The van der Waals surface area contributed by atoms with Gasteiger partial charge in [-0.05, 0) is 30.4 Å². The molecule has 34 heavy (non-hydrogen) atoms. The van der Waals surface area contributed by atoms with Crippen molar-refractivity contribution in [2.24, 2.45) is 18.9 Å². The second-order valence-electron chi connectivity index (χ2n) is 8.25. The minimum atomic E-state index is -4.62. The maximum atomic E-state index is 12.1. The zero-order valence-corrected chi connectivity index (χ0v) is 18.0. The zero-order chi connectivity index (χ0) is 23.9. The molecule has 0 amide bonds. The van der Waals surface area contributed by atoms with E-state index in [4.69, 9.17) is 4.52 Å². The first-order valence-electron chi connectivity index (χ1n) is 10.5. The first kappa shape index (κ1) is 21.9. The lowest BCUT2D eigenvalue weighted by atomic mass is 10.2. The minimum Gasteiger partial charge on any atom is -0.406 e. The Morgan fingerprint density at radius 2 is 1.91 bits per heavy atom. The highest BCUT2D eigenvalue weighted by Gasteiger charge is 2.45. The van der Waals surface area contributed by atoms with E-state index in [-0.39, 0.29) is 17.9 Å². The van der Waals surface area contributed by atoms with Crippen LogP contribution in [0.25, 0.3) is 11.2 Å². The van der Waals surface area contributed by atoms with Gasteiger partial charge in [0.2, 0.25) is 5.89 Å². The molecule has 1 saturated heterocycles. The summed E-state index contributed by atoms with van der Waals surface area (Å²) in [6, 6.07) is 6.21. The van der Waals surface area contributed by atoms with Crippen LogP contribution in [0.4, 0.5) is 18.9 Å². The van der Waals surface area contributed by atoms with Gasteiger partial charge in [-0.25, -0.2) is 9.97 Å². The van der Waals surface area contributed by atoms with Crippen molar-refractivity contribution in [2.75, 3.05) is 18.0 Å². The topological polar surface area (TPSA) is 104 Å². The normalized spacial score (nSPS) is 19.0. The Bertz CT molecular complexity index is 1340. The maximum absolute atomic E-state index is 12.1. The molecule has 0 unspecified atom stereocenters. The van der Waals surface area contributed by atoms with Gasteiger partial charge in [-0.2, -0.15) is 4.98 Å². The lowest BCUT2D eigenvalue weighted by Crippen LogP contribution is -2.22. The van der Waals surface area contributed by atoms with Crippen LogP contribution in [0.1, 0.15) is 12.3 Å². The van der Waals surface area contributed by atoms with E-state index in [1.807, 2.05) is 6.07 Å². The number of piperidine rings is 1. The number of fused-ring (bicyclic) bond motifs is 2. The van der Waals surface area contributed by atoms with Crippen LogP contribution in [0.15, 0.2) is 52.6 Å². The molecule has 0 N–H and O–H groups in total. The van der Waals surface area contributed by atoms with Gasteiger partial charge in [0.25, 0.3) is 5.56 Å². The first-order valence-corrected chi connectivity index (χ1v) is 10.5. The van der Waals surface area contributed by atoms with Gasteiger partial charge >= 0.3 is 6.36 Å². The summed E-state index contributed by atoms with van der Waals surface area (Å²) in [7, 11) is 1.75. The number of anilines is 1. The average molecular weight is 475 g/mol. The molecule has 3 aromatic heterocycles. The van der Waals surface area contributed by atoms with Gasteiger partial charge in [-0.3, -0.25) is 9.36 Å². The first-order chi connectivity index (χ1) is 16.3. The van der Waals surface area contributed by atoms with Crippen molar-refractivity contribution in [1.29, 1.82) is 0 Å². The smallest absolute Gasteiger partial charge is 0.406 e. The van der Waals surface area contributed by atoms with E-state index in [1.165, 1.54) is 35.8 Å². The minimum absolute atomic E-state index is 0.143. The fourth-order valence-electron chi connectivity index (χ4n) is 4.08. The van der Waals surface area contributed by atoms with Gasteiger partial charge in [0.15, 0.2) is 17.5 Å². The Hall–Kier alpha value is -3.90. The average Bonchev–Trinajstić information content (AvgIpc) is 3.18. The van der Waals surface area contributed by atoms with Crippen LogP contribution in [-0.2, 0) is 13.6 Å². The maximum Gasteiger partial charge on any atom is 0.573 e. The predicted octanol–water partition coefficient (Wildman–Crippen LogP) is 2.60. The van der Waals surface area contributed by atoms with Gasteiger partial charge in [-0.1, -0.05) is 11.2 Å². The van der Waals surface area contributed by atoms with Crippen molar-refractivity contribution in [3.63, 3.8) is 0 Å². The molecule has 10 nitrogen and oxygen atoms in total. The summed E-state index contributed by atoms with van der Waals surface area (Å²) in [6.45, 7) is 2.12. The van der Waals surface area contributed by atoms with E-state index in [0.29, 0.717) is 17.1 Å². The number of benzene rings is 1. The molecule has 6 rings (SSSR count). The van der Waals surface area contributed by atoms with Gasteiger partial charge in [0.05, 0.1) is 6.33 Å². The summed E-state index contributed by atoms with van der Waals surface area (Å²) in [5.74, 6) is 1.72. The third-order valence-corrected chi connectivity index (χ3v) is 5.81. The number of aromatic nitrogens is 6. The quantitative estimate of drug-likeness (QED) is 0.444. The van der Waals surface area contributed by atoms with Crippen LogP contribution < -0.4 is 15.2 Å². The van der Waals surface area contributed by atoms with E-state index >= 15 is 0 Å². The highest BCUT2D eigenvalue weighted by molar-refractivity contribution is 5.68.